The summed E-state index contributed by atoms with van der Waals surface area (Å²) in [5.41, 5.74) is 1.99. The van der Waals surface area contributed by atoms with Crippen molar-refractivity contribution in [2.24, 2.45) is 0 Å². The average molecular weight is 319 g/mol. The molecule has 0 saturated carbocycles. The molecular weight excluding hydrogens is 306 g/mol. The Balaban J connectivity index is 2.08. The van der Waals surface area contributed by atoms with E-state index in [9.17, 15) is 14.4 Å². The van der Waals surface area contributed by atoms with Crippen LogP contribution in [0.25, 0.3) is 11.3 Å². The first-order chi connectivity index (χ1) is 10.5. The fourth-order valence-corrected chi connectivity index (χ4v) is 2.42. The molecule has 0 atom stereocenters. The highest BCUT2D eigenvalue weighted by atomic mass is 32.1. The number of hydrogen-bond acceptors (Lipinski definition) is 5. The van der Waals surface area contributed by atoms with E-state index in [-0.39, 0.29) is 12.3 Å². The van der Waals surface area contributed by atoms with Crippen LogP contribution < -0.4 is 10.6 Å². The molecule has 114 valence electrons. The van der Waals surface area contributed by atoms with Crippen molar-refractivity contribution >= 4 is 34.3 Å². The van der Waals surface area contributed by atoms with Crippen molar-refractivity contribution < 1.29 is 19.5 Å². The number of Topliss-reactive ketones (excluding diaryl/α,β-unsaturated/α-hetero) is 1. The molecule has 0 fully saturated rings. The molecule has 2 rings (SSSR count). The fourth-order valence-electron chi connectivity index (χ4n) is 1.68. The summed E-state index contributed by atoms with van der Waals surface area (Å²) >= 11 is 1.22. The Morgan fingerprint density at radius 3 is 2.77 bits per heavy atom. The molecule has 8 heteroatoms. The molecule has 1 aromatic heterocycles. The van der Waals surface area contributed by atoms with Gasteiger partial charge < -0.3 is 15.7 Å². The summed E-state index contributed by atoms with van der Waals surface area (Å²) in [4.78, 5) is 37.4. The number of nitrogens with zero attached hydrogens (tertiary/aromatic N) is 1. The number of aromatic nitrogens is 1. The highest BCUT2D eigenvalue weighted by Gasteiger charge is 2.10. The maximum absolute atomic E-state index is 11.5. The first kappa shape index (κ1) is 15.6. The van der Waals surface area contributed by atoms with Crippen LogP contribution in [0.4, 0.5) is 9.93 Å². The van der Waals surface area contributed by atoms with Crippen molar-refractivity contribution in [1.29, 1.82) is 0 Å². The Hall–Kier alpha value is -2.74. The molecule has 0 radical (unpaired) electrons. The predicted octanol–water partition coefficient (Wildman–Crippen LogP) is 2.22. The monoisotopic (exact) mass is 319 g/mol. The van der Waals surface area contributed by atoms with Gasteiger partial charge in [0.1, 0.15) is 6.54 Å². The Bertz CT molecular complexity index is 726. The van der Waals surface area contributed by atoms with E-state index in [0.717, 1.165) is 5.56 Å². The first-order valence-electron chi connectivity index (χ1n) is 6.29. The van der Waals surface area contributed by atoms with Gasteiger partial charge >= 0.3 is 6.09 Å². The number of amides is 2. The van der Waals surface area contributed by atoms with Gasteiger partial charge in [-0.25, -0.2) is 9.78 Å². The molecule has 1 heterocycles. The average Bonchev–Trinajstić information content (AvgIpc) is 2.93. The number of benzene rings is 1. The van der Waals surface area contributed by atoms with E-state index >= 15 is 0 Å². The van der Waals surface area contributed by atoms with Gasteiger partial charge in [-0.2, -0.15) is 0 Å². The Kier molecular flexibility index (Phi) is 4.84. The molecule has 0 aliphatic rings. The number of carbonyl (C=O) groups is 3. The second kappa shape index (κ2) is 6.81. The molecule has 3 N–H and O–H groups in total. The molecule has 1 aromatic carbocycles. The van der Waals surface area contributed by atoms with Gasteiger partial charge in [-0.1, -0.05) is 18.2 Å². The van der Waals surface area contributed by atoms with Crippen molar-refractivity contribution in [3.8, 4) is 11.3 Å². The minimum atomic E-state index is -1.27. The van der Waals surface area contributed by atoms with E-state index in [1.165, 1.54) is 18.3 Å². The first-order valence-corrected chi connectivity index (χ1v) is 7.17. The molecule has 22 heavy (non-hydrogen) atoms. The Morgan fingerprint density at radius 2 is 2.09 bits per heavy atom. The number of carboxylic acid groups (broad SMARTS) is 1. The van der Waals surface area contributed by atoms with Gasteiger partial charge in [0, 0.05) is 16.5 Å². The third-order valence-corrected chi connectivity index (χ3v) is 3.47. The van der Waals surface area contributed by atoms with Gasteiger partial charge in [0.05, 0.1) is 5.69 Å². The van der Waals surface area contributed by atoms with Crippen molar-refractivity contribution in [2.45, 2.75) is 6.92 Å². The summed E-state index contributed by atoms with van der Waals surface area (Å²) < 4.78 is 0. The quantitative estimate of drug-likeness (QED) is 0.732. The lowest BCUT2D eigenvalue weighted by Gasteiger charge is -2.01. The van der Waals surface area contributed by atoms with E-state index < -0.39 is 12.0 Å². The van der Waals surface area contributed by atoms with Crippen LogP contribution in [-0.2, 0) is 4.79 Å². The van der Waals surface area contributed by atoms with Crippen LogP contribution in [0.1, 0.15) is 17.3 Å². The number of carbonyl (C=O) groups excluding carboxylic acids is 2. The molecule has 7 nitrogen and oxygen atoms in total. The molecule has 2 amide bonds. The minimum absolute atomic E-state index is 0.0367. The summed E-state index contributed by atoms with van der Waals surface area (Å²) in [5, 5.41) is 15.0. The van der Waals surface area contributed by atoms with Crippen LogP contribution in [-0.4, -0.2) is 34.4 Å². The standard InChI is InChI=1S/C14H13N3O4S/c1-8(18)9-3-2-4-10(5-9)11-7-22-13(16-11)17-12(19)6-15-14(20)21/h2-5,7,15H,6H2,1H3,(H,20,21)(H,16,17,19). The van der Waals surface area contributed by atoms with Crippen molar-refractivity contribution in [3.05, 3.63) is 35.2 Å². The maximum atomic E-state index is 11.5. The molecular formula is C14H13N3O4S. The third-order valence-electron chi connectivity index (χ3n) is 2.72. The second-order valence-electron chi connectivity index (χ2n) is 4.38. The van der Waals surface area contributed by atoms with Crippen molar-refractivity contribution in [1.82, 2.24) is 10.3 Å². The lowest BCUT2D eigenvalue weighted by molar-refractivity contribution is -0.115. The summed E-state index contributed by atoms with van der Waals surface area (Å²) in [6.07, 6.45) is -1.27. The summed E-state index contributed by atoms with van der Waals surface area (Å²) in [7, 11) is 0. The fraction of sp³-hybridized carbons (Fsp3) is 0.143. The number of anilines is 1. The number of ketones is 1. The largest absolute Gasteiger partial charge is 0.465 e. The van der Waals surface area contributed by atoms with Crippen LogP contribution in [0.5, 0.6) is 0 Å². The maximum Gasteiger partial charge on any atom is 0.405 e. The van der Waals surface area contributed by atoms with E-state index in [0.29, 0.717) is 16.4 Å². The SMILES string of the molecule is CC(=O)c1cccc(-c2csc(NC(=O)CNC(=O)O)n2)c1. The Morgan fingerprint density at radius 1 is 1.32 bits per heavy atom. The second-order valence-corrected chi connectivity index (χ2v) is 5.24. The van der Waals surface area contributed by atoms with Gasteiger partial charge in [0.25, 0.3) is 0 Å². The van der Waals surface area contributed by atoms with E-state index in [4.69, 9.17) is 5.11 Å². The van der Waals surface area contributed by atoms with E-state index in [1.807, 2.05) is 11.4 Å². The number of hydrogen-bond donors (Lipinski definition) is 3. The normalized spacial score (nSPS) is 10.0. The lowest BCUT2D eigenvalue weighted by atomic mass is 10.1. The highest BCUT2D eigenvalue weighted by Crippen LogP contribution is 2.25. The van der Waals surface area contributed by atoms with Crippen LogP contribution >= 0.6 is 11.3 Å². The van der Waals surface area contributed by atoms with Gasteiger partial charge in [0.15, 0.2) is 10.9 Å². The molecule has 0 bridgehead atoms. The van der Waals surface area contributed by atoms with Gasteiger partial charge in [-0.15, -0.1) is 11.3 Å². The topological polar surface area (TPSA) is 108 Å². The summed E-state index contributed by atoms with van der Waals surface area (Å²) in [6, 6.07) is 7.03. The number of nitrogens with one attached hydrogen (secondary N) is 2. The predicted molar refractivity (Wildman–Crippen MR) is 82.2 cm³/mol. The highest BCUT2D eigenvalue weighted by molar-refractivity contribution is 7.14. The van der Waals surface area contributed by atoms with Crippen LogP contribution in [0.3, 0.4) is 0 Å². The molecule has 0 saturated heterocycles. The van der Waals surface area contributed by atoms with Crippen LogP contribution in [0, 0.1) is 0 Å². The smallest absolute Gasteiger partial charge is 0.405 e. The molecule has 2 aromatic rings. The van der Waals surface area contributed by atoms with E-state index in [1.54, 1.807) is 23.6 Å². The molecule has 0 unspecified atom stereocenters. The van der Waals surface area contributed by atoms with Crippen LogP contribution in [0.2, 0.25) is 0 Å². The zero-order valence-corrected chi connectivity index (χ0v) is 12.4. The number of rotatable bonds is 5. The minimum Gasteiger partial charge on any atom is -0.465 e. The van der Waals surface area contributed by atoms with Crippen LogP contribution in [0.15, 0.2) is 29.6 Å². The molecule has 0 spiro atoms. The third kappa shape index (κ3) is 4.13. The van der Waals surface area contributed by atoms with Crippen molar-refractivity contribution in [3.63, 3.8) is 0 Å². The zero-order chi connectivity index (χ0) is 16.1. The van der Waals surface area contributed by atoms with Crippen molar-refractivity contribution in [2.75, 3.05) is 11.9 Å². The number of thiazole rings is 1. The zero-order valence-electron chi connectivity index (χ0n) is 11.6. The van der Waals surface area contributed by atoms with Gasteiger partial charge in [-0.3, -0.25) is 9.59 Å². The lowest BCUT2D eigenvalue weighted by Crippen LogP contribution is -2.31. The van der Waals surface area contributed by atoms with Gasteiger partial charge in [0.2, 0.25) is 5.91 Å². The van der Waals surface area contributed by atoms with E-state index in [2.05, 4.69) is 10.3 Å². The summed E-state index contributed by atoms with van der Waals surface area (Å²) in [6.45, 7) is 1.14. The molecule has 0 aliphatic heterocycles. The molecule has 0 aliphatic carbocycles. The van der Waals surface area contributed by atoms with Gasteiger partial charge in [-0.05, 0) is 13.0 Å². The summed E-state index contributed by atoms with van der Waals surface area (Å²) in [5.74, 6) is -0.536. The Labute approximate surface area is 130 Å².